The fourth-order valence-corrected chi connectivity index (χ4v) is 1.67. The smallest absolute Gasteiger partial charge is 0.265 e. The number of rotatable bonds is 2. The van der Waals surface area contributed by atoms with E-state index in [9.17, 15) is 9.59 Å². The van der Waals surface area contributed by atoms with Crippen molar-refractivity contribution in [2.45, 2.75) is 0 Å². The number of ether oxygens (including phenoxy) is 1. The molecule has 2 amide bonds. The van der Waals surface area contributed by atoms with Gasteiger partial charge in [-0.15, -0.1) is 0 Å². The van der Waals surface area contributed by atoms with Gasteiger partial charge in [0, 0.05) is 5.02 Å². The minimum Gasteiger partial charge on any atom is -0.482 e. The summed E-state index contributed by atoms with van der Waals surface area (Å²) in [5.41, 5.74) is 5.55. The summed E-state index contributed by atoms with van der Waals surface area (Å²) in [5.74, 6) is -0.375. The summed E-state index contributed by atoms with van der Waals surface area (Å²) in [7, 11) is 0. The first kappa shape index (κ1) is 10.8. The minimum absolute atomic E-state index is 0.0953. The fraction of sp³-hybridized carbons (Fsp3) is 0.200. The van der Waals surface area contributed by atoms with E-state index in [-0.39, 0.29) is 19.1 Å². The first-order valence-corrected chi connectivity index (χ1v) is 4.97. The quantitative estimate of drug-likeness (QED) is 0.821. The van der Waals surface area contributed by atoms with Gasteiger partial charge in [0.15, 0.2) is 6.61 Å². The first-order valence-electron chi connectivity index (χ1n) is 4.59. The van der Waals surface area contributed by atoms with Crippen LogP contribution in [0, 0.1) is 0 Å². The summed E-state index contributed by atoms with van der Waals surface area (Å²) >= 11 is 5.82. The van der Waals surface area contributed by atoms with Crippen molar-refractivity contribution in [3.63, 3.8) is 0 Å². The van der Waals surface area contributed by atoms with E-state index in [4.69, 9.17) is 22.1 Å². The van der Waals surface area contributed by atoms with Gasteiger partial charge >= 0.3 is 0 Å². The number of nitrogens with zero attached hydrogens (tertiary/aromatic N) is 1. The van der Waals surface area contributed by atoms with Crippen molar-refractivity contribution < 1.29 is 14.3 Å². The molecular formula is C10H9ClN2O3. The summed E-state index contributed by atoms with van der Waals surface area (Å²) in [4.78, 5) is 23.7. The Morgan fingerprint density at radius 3 is 3.00 bits per heavy atom. The zero-order valence-corrected chi connectivity index (χ0v) is 9.03. The maximum absolute atomic E-state index is 11.6. The number of amides is 2. The van der Waals surface area contributed by atoms with Gasteiger partial charge in [0.25, 0.3) is 5.91 Å². The normalized spacial score (nSPS) is 14.3. The Morgan fingerprint density at radius 2 is 2.31 bits per heavy atom. The van der Waals surface area contributed by atoms with Crippen LogP contribution in [0.1, 0.15) is 0 Å². The number of carbonyl (C=O) groups excluding carboxylic acids is 2. The van der Waals surface area contributed by atoms with Crippen LogP contribution >= 0.6 is 11.6 Å². The molecule has 0 radical (unpaired) electrons. The molecular weight excluding hydrogens is 232 g/mol. The van der Waals surface area contributed by atoms with E-state index in [2.05, 4.69) is 0 Å². The number of halogens is 1. The average molecular weight is 241 g/mol. The average Bonchev–Trinajstić information content (AvgIpc) is 2.22. The topological polar surface area (TPSA) is 72.6 Å². The summed E-state index contributed by atoms with van der Waals surface area (Å²) in [6.07, 6.45) is 0. The molecule has 1 aromatic rings. The third-order valence-electron chi connectivity index (χ3n) is 2.18. The number of primary amides is 1. The maximum atomic E-state index is 11.6. The van der Waals surface area contributed by atoms with Crippen molar-refractivity contribution in [2.24, 2.45) is 5.73 Å². The molecule has 16 heavy (non-hydrogen) atoms. The predicted molar refractivity (Wildman–Crippen MR) is 58.5 cm³/mol. The second-order valence-corrected chi connectivity index (χ2v) is 3.78. The predicted octanol–water partition coefficient (Wildman–Crippen LogP) is 0.551. The standard InChI is InChI=1S/C10H9ClN2O3/c11-6-1-2-8-7(3-6)13(4-9(12)14)10(15)5-16-8/h1-3H,4-5H2,(H2,12,14). The zero-order valence-electron chi connectivity index (χ0n) is 8.27. The number of benzene rings is 1. The molecule has 1 aliphatic rings. The highest BCUT2D eigenvalue weighted by Crippen LogP contribution is 2.34. The Bertz CT molecular complexity index is 461. The van der Waals surface area contributed by atoms with Crippen LogP contribution in [0.25, 0.3) is 0 Å². The van der Waals surface area contributed by atoms with Crippen molar-refractivity contribution in [3.8, 4) is 5.75 Å². The molecule has 5 nitrogen and oxygen atoms in total. The van der Waals surface area contributed by atoms with Gasteiger partial charge in [-0.05, 0) is 18.2 Å². The lowest BCUT2D eigenvalue weighted by Crippen LogP contribution is -2.43. The SMILES string of the molecule is NC(=O)CN1C(=O)COc2ccc(Cl)cc21. The van der Waals surface area contributed by atoms with Crippen LogP contribution in [-0.4, -0.2) is 25.0 Å². The molecule has 1 heterocycles. The van der Waals surface area contributed by atoms with Gasteiger partial charge < -0.3 is 10.5 Å². The first-order chi connectivity index (χ1) is 7.58. The van der Waals surface area contributed by atoms with Gasteiger partial charge in [0.2, 0.25) is 5.91 Å². The number of fused-ring (bicyclic) bond motifs is 1. The highest BCUT2D eigenvalue weighted by Gasteiger charge is 2.26. The summed E-state index contributed by atoms with van der Waals surface area (Å²) in [5, 5.41) is 0.464. The molecule has 0 saturated heterocycles. The van der Waals surface area contributed by atoms with E-state index in [0.29, 0.717) is 16.5 Å². The van der Waals surface area contributed by atoms with Crippen molar-refractivity contribution in [2.75, 3.05) is 18.1 Å². The Balaban J connectivity index is 2.42. The number of anilines is 1. The lowest BCUT2D eigenvalue weighted by molar-refractivity contribution is -0.124. The fourth-order valence-electron chi connectivity index (χ4n) is 1.50. The molecule has 0 fully saturated rings. The molecule has 0 unspecified atom stereocenters. The van der Waals surface area contributed by atoms with E-state index >= 15 is 0 Å². The van der Waals surface area contributed by atoms with E-state index < -0.39 is 5.91 Å². The van der Waals surface area contributed by atoms with Crippen molar-refractivity contribution >= 4 is 29.1 Å². The zero-order chi connectivity index (χ0) is 11.7. The van der Waals surface area contributed by atoms with E-state index in [1.807, 2.05) is 0 Å². The molecule has 6 heteroatoms. The van der Waals surface area contributed by atoms with Crippen LogP contribution in [0.3, 0.4) is 0 Å². The lowest BCUT2D eigenvalue weighted by Gasteiger charge is -2.28. The highest BCUT2D eigenvalue weighted by molar-refractivity contribution is 6.31. The van der Waals surface area contributed by atoms with Crippen LogP contribution < -0.4 is 15.4 Å². The number of hydrogen-bond acceptors (Lipinski definition) is 3. The molecule has 2 N–H and O–H groups in total. The third kappa shape index (κ3) is 1.94. The van der Waals surface area contributed by atoms with Crippen molar-refractivity contribution in [1.82, 2.24) is 0 Å². The third-order valence-corrected chi connectivity index (χ3v) is 2.41. The molecule has 0 saturated carbocycles. The monoisotopic (exact) mass is 240 g/mol. The second kappa shape index (κ2) is 4.02. The largest absolute Gasteiger partial charge is 0.482 e. The Hall–Kier alpha value is -1.75. The molecule has 84 valence electrons. The van der Waals surface area contributed by atoms with Crippen LogP contribution in [0.5, 0.6) is 5.75 Å². The Labute approximate surface area is 96.7 Å². The molecule has 0 atom stereocenters. The van der Waals surface area contributed by atoms with Gasteiger partial charge in [0.1, 0.15) is 12.3 Å². The van der Waals surface area contributed by atoms with Crippen molar-refractivity contribution in [1.29, 1.82) is 0 Å². The number of carbonyl (C=O) groups is 2. The van der Waals surface area contributed by atoms with E-state index in [1.165, 1.54) is 4.90 Å². The molecule has 0 spiro atoms. The van der Waals surface area contributed by atoms with Crippen LogP contribution in [0.15, 0.2) is 18.2 Å². The van der Waals surface area contributed by atoms with E-state index in [1.54, 1.807) is 18.2 Å². The summed E-state index contributed by atoms with van der Waals surface area (Å²) < 4.78 is 5.20. The van der Waals surface area contributed by atoms with Gasteiger partial charge in [-0.3, -0.25) is 14.5 Å². The second-order valence-electron chi connectivity index (χ2n) is 3.35. The number of hydrogen-bond donors (Lipinski definition) is 1. The van der Waals surface area contributed by atoms with Crippen LogP contribution in [0.4, 0.5) is 5.69 Å². The van der Waals surface area contributed by atoms with Crippen molar-refractivity contribution in [3.05, 3.63) is 23.2 Å². The van der Waals surface area contributed by atoms with Gasteiger partial charge in [0.05, 0.1) is 5.69 Å². The summed E-state index contributed by atoms with van der Waals surface area (Å²) in [6.45, 7) is -0.266. The molecule has 2 rings (SSSR count). The molecule has 1 aromatic carbocycles. The Morgan fingerprint density at radius 1 is 1.56 bits per heavy atom. The van der Waals surface area contributed by atoms with Gasteiger partial charge in [-0.2, -0.15) is 0 Å². The summed E-state index contributed by atoms with van der Waals surface area (Å²) in [6, 6.07) is 4.87. The number of nitrogens with two attached hydrogens (primary N) is 1. The lowest BCUT2D eigenvalue weighted by atomic mass is 10.2. The van der Waals surface area contributed by atoms with Gasteiger partial charge in [-0.25, -0.2) is 0 Å². The van der Waals surface area contributed by atoms with Gasteiger partial charge in [-0.1, -0.05) is 11.6 Å². The minimum atomic E-state index is -0.582. The van der Waals surface area contributed by atoms with E-state index in [0.717, 1.165) is 0 Å². The highest BCUT2D eigenvalue weighted by atomic mass is 35.5. The Kier molecular flexibility index (Phi) is 2.70. The molecule has 0 aromatic heterocycles. The molecule has 0 bridgehead atoms. The molecule has 0 aliphatic carbocycles. The van der Waals surface area contributed by atoms with Crippen LogP contribution in [-0.2, 0) is 9.59 Å². The molecule has 1 aliphatic heterocycles. The maximum Gasteiger partial charge on any atom is 0.265 e. The van der Waals surface area contributed by atoms with Crippen LogP contribution in [0.2, 0.25) is 5.02 Å².